The molecule has 13 heavy (non-hydrogen) atoms. The van der Waals surface area contributed by atoms with E-state index in [1.54, 1.807) is 0 Å². The van der Waals surface area contributed by atoms with Crippen LogP contribution in [0.15, 0.2) is 0 Å². The van der Waals surface area contributed by atoms with Crippen LogP contribution in [-0.4, -0.2) is 48.6 Å². The van der Waals surface area contributed by atoms with Crippen molar-refractivity contribution < 1.29 is 0 Å². The number of hydrogen-bond donors (Lipinski definition) is 0. The van der Waals surface area contributed by atoms with E-state index in [0.717, 1.165) is 12.0 Å². The number of likely N-dealkylation sites (tertiary alicyclic amines) is 1. The fraction of sp³-hybridized carbons (Fsp3) is 1.00. The maximum atomic E-state index is 2.62. The summed E-state index contributed by atoms with van der Waals surface area (Å²) in [5.74, 6) is 0.826. The lowest BCUT2D eigenvalue weighted by Crippen LogP contribution is -2.44. The maximum Gasteiger partial charge on any atom is 0.0263 e. The fourth-order valence-electron chi connectivity index (χ4n) is 2.60. The van der Waals surface area contributed by atoms with Gasteiger partial charge in [0, 0.05) is 25.2 Å². The average molecular weight is 184 g/mol. The summed E-state index contributed by atoms with van der Waals surface area (Å²) in [6, 6.07) is 1.46. The normalized spacial score (nSPS) is 30.7. The van der Waals surface area contributed by atoms with Gasteiger partial charge in [0.2, 0.25) is 0 Å². The second kappa shape index (κ2) is 4.43. The third-order valence-electron chi connectivity index (χ3n) is 3.21. The second-order valence-electron chi connectivity index (χ2n) is 4.69. The molecule has 1 fully saturated rings. The van der Waals surface area contributed by atoms with Crippen LogP contribution in [0.25, 0.3) is 0 Å². The van der Waals surface area contributed by atoms with Crippen molar-refractivity contribution >= 4 is 0 Å². The number of likely N-dealkylation sites (N-methyl/N-ethyl adjacent to an activating group) is 2. The average Bonchev–Trinajstić information content (AvgIpc) is 2.31. The standard InChI is InChI=1S/C11H24N2/c1-6-13(9(2)3)11-8-12(5)7-10(11)4/h9-11H,6-8H2,1-5H3. The van der Waals surface area contributed by atoms with E-state index in [1.165, 1.54) is 19.6 Å². The van der Waals surface area contributed by atoms with Gasteiger partial charge in [-0.25, -0.2) is 0 Å². The van der Waals surface area contributed by atoms with Gasteiger partial charge in [-0.05, 0) is 33.4 Å². The summed E-state index contributed by atoms with van der Waals surface area (Å²) in [4.78, 5) is 5.06. The Bertz CT molecular complexity index is 156. The van der Waals surface area contributed by atoms with Gasteiger partial charge in [-0.2, -0.15) is 0 Å². The highest BCUT2D eigenvalue weighted by atomic mass is 15.3. The molecule has 0 aromatic carbocycles. The summed E-state index contributed by atoms with van der Waals surface area (Å²) in [7, 11) is 2.23. The van der Waals surface area contributed by atoms with Crippen LogP contribution >= 0.6 is 0 Å². The van der Waals surface area contributed by atoms with Crippen LogP contribution in [0.1, 0.15) is 27.7 Å². The molecule has 78 valence electrons. The Balaban J connectivity index is 2.58. The van der Waals surface area contributed by atoms with Gasteiger partial charge >= 0.3 is 0 Å². The molecule has 0 aromatic rings. The van der Waals surface area contributed by atoms with Crippen molar-refractivity contribution in [3.63, 3.8) is 0 Å². The van der Waals surface area contributed by atoms with E-state index in [0.29, 0.717) is 6.04 Å². The minimum Gasteiger partial charge on any atom is -0.304 e. The summed E-state index contributed by atoms with van der Waals surface area (Å²) >= 11 is 0. The number of hydrogen-bond acceptors (Lipinski definition) is 2. The van der Waals surface area contributed by atoms with Crippen molar-refractivity contribution in [3.05, 3.63) is 0 Å². The Hall–Kier alpha value is -0.0800. The highest BCUT2D eigenvalue weighted by Gasteiger charge is 2.32. The van der Waals surface area contributed by atoms with E-state index in [1.807, 2.05) is 0 Å². The second-order valence-corrected chi connectivity index (χ2v) is 4.69. The van der Waals surface area contributed by atoms with Crippen LogP contribution < -0.4 is 0 Å². The quantitative estimate of drug-likeness (QED) is 0.658. The van der Waals surface area contributed by atoms with Crippen LogP contribution in [0.3, 0.4) is 0 Å². The molecule has 2 unspecified atom stereocenters. The fourth-order valence-corrected chi connectivity index (χ4v) is 2.60. The lowest BCUT2D eigenvalue weighted by Gasteiger charge is -2.33. The minimum absolute atomic E-state index is 0.684. The molecule has 0 saturated carbocycles. The highest BCUT2D eigenvalue weighted by Crippen LogP contribution is 2.21. The third kappa shape index (κ3) is 2.44. The minimum atomic E-state index is 0.684. The highest BCUT2D eigenvalue weighted by molar-refractivity contribution is 4.88. The van der Waals surface area contributed by atoms with E-state index in [4.69, 9.17) is 0 Å². The van der Waals surface area contributed by atoms with E-state index < -0.39 is 0 Å². The summed E-state index contributed by atoms with van der Waals surface area (Å²) < 4.78 is 0. The molecule has 0 radical (unpaired) electrons. The molecule has 2 atom stereocenters. The van der Waals surface area contributed by atoms with Crippen LogP contribution in [0.5, 0.6) is 0 Å². The lowest BCUT2D eigenvalue weighted by atomic mass is 10.0. The zero-order valence-corrected chi connectivity index (χ0v) is 9.75. The van der Waals surface area contributed by atoms with E-state index in [9.17, 15) is 0 Å². The predicted molar refractivity (Wildman–Crippen MR) is 58.0 cm³/mol. The Labute approximate surface area is 82.9 Å². The lowest BCUT2D eigenvalue weighted by molar-refractivity contribution is 0.142. The zero-order valence-electron chi connectivity index (χ0n) is 9.75. The van der Waals surface area contributed by atoms with Crippen LogP contribution in [0, 0.1) is 5.92 Å². The van der Waals surface area contributed by atoms with Crippen molar-refractivity contribution in [1.29, 1.82) is 0 Å². The van der Waals surface area contributed by atoms with Gasteiger partial charge in [-0.3, -0.25) is 4.90 Å². The van der Waals surface area contributed by atoms with Crippen LogP contribution in [0.2, 0.25) is 0 Å². The van der Waals surface area contributed by atoms with Crippen molar-refractivity contribution in [1.82, 2.24) is 9.80 Å². The topological polar surface area (TPSA) is 6.48 Å². The Morgan fingerprint density at radius 2 is 2.00 bits per heavy atom. The molecule has 1 heterocycles. The van der Waals surface area contributed by atoms with Crippen molar-refractivity contribution in [2.75, 3.05) is 26.7 Å². The van der Waals surface area contributed by atoms with Crippen LogP contribution in [-0.2, 0) is 0 Å². The molecule has 1 saturated heterocycles. The molecule has 0 N–H and O–H groups in total. The van der Waals surface area contributed by atoms with E-state index in [2.05, 4.69) is 44.5 Å². The SMILES string of the molecule is CCN(C(C)C)C1CN(C)CC1C. The monoisotopic (exact) mass is 184 g/mol. The van der Waals surface area contributed by atoms with Crippen molar-refractivity contribution in [2.24, 2.45) is 5.92 Å². The van der Waals surface area contributed by atoms with Gasteiger partial charge in [-0.1, -0.05) is 13.8 Å². The van der Waals surface area contributed by atoms with E-state index >= 15 is 0 Å². The third-order valence-corrected chi connectivity index (χ3v) is 3.21. The number of nitrogens with zero attached hydrogens (tertiary/aromatic N) is 2. The first-order chi connectivity index (χ1) is 6.06. The molecule has 0 bridgehead atoms. The summed E-state index contributed by atoms with van der Waals surface area (Å²) in [6.45, 7) is 12.9. The molecule has 0 spiro atoms. The smallest absolute Gasteiger partial charge is 0.0263 e. The van der Waals surface area contributed by atoms with Gasteiger partial charge in [0.05, 0.1) is 0 Å². The first-order valence-corrected chi connectivity index (χ1v) is 5.50. The molecular weight excluding hydrogens is 160 g/mol. The molecule has 0 aromatic heterocycles. The van der Waals surface area contributed by atoms with Crippen molar-refractivity contribution in [3.8, 4) is 0 Å². The Morgan fingerprint density at radius 3 is 2.31 bits per heavy atom. The van der Waals surface area contributed by atoms with Gasteiger partial charge in [0.1, 0.15) is 0 Å². The van der Waals surface area contributed by atoms with Gasteiger partial charge in [0.25, 0.3) is 0 Å². The Kier molecular flexibility index (Phi) is 3.74. The van der Waals surface area contributed by atoms with Gasteiger partial charge < -0.3 is 4.90 Å². The molecule has 0 amide bonds. The molecule has 2 nitrogen and oxygen atoms in total. The van der Waals surface area contributed by atoms with Crippen molar-refractivity contribution in [2.45, 2.75) is 39.8 Å². The molecule has 1 aliphatic rings. The first-order valence-electron chi connectivity index (χ1n) is 5.50. The Morgan fingerprint density at radius 1 is 1.38 bits per heavy atom. The summed E-state index contributed by atoms with van der Waals surface area (Å²) in [5.41, 5.74) is 0. The molecule has 1 rings (SSSR count). The maximum absolute atomic E-state index is 2.62. The van der Waals surface area contributed by atoms with Gasteiger partial charge in [-0.15, -0.1) is 0 Å². The molecular formula is C11H24N2. The molecule has 0 aliphatic carbocycles. The summed E-state index contributed by atoms with van der Waals surface area (Å²) in [6.07, 6.45) is 0. The molecule has 2 heteroatoms. The summed E-state index contributed by atoms with van der Waals surface area (Å²) in [5, 5.41) is 0. The van der Waals surface area contributed by atoms with Crippen LogP contribution in [0.4, 0.5) is 0 Å². The van der Waals surface area contributed by atoms with E-state index in [-0.39, 0.29) is 0 Å². The number of rotatable bonds is 3. The first kappa shape index (κ1) is 11.0. The molecule has 1 aliphatic heterocycles. The van der Waals surface area contributed by atoms with Gasteiger partial charge in [0.15, 0.2) is 0 Å². The largest absolute Gasteiger partial charge is 0.304 e. The zero-order chi connectivity index (χ0) is 10.0. The predicted octanol–water partition coefficient (Wildman–Crippen LogP) is 1.67.